The van der Waals surface area contributed by atoms with Crippen molar-refractivity contribution in [2.75, 3.05) is 17.7 Å². The average molecular weight is 353 g/mol. The monoisotopic (exact) mass is 352 g/mol. The van der Waals surface area contributed by atoms with Gasteiger partial charge in [-0.1, -0.05) is 6.92 Å². The molecule has 2 aromatic rings. The largest absolute Gasteiger partial charge is 0.373 e. The van der Waals surface area contributed by atoms with Crippen LogP contribution in [-0.2, 0) is 6.42 Å². The fraction of sp³-hybridized carbons (Fsp3) is 0.333. The molecule has 6 heteroatoms. The number of hydrogen-bond acceptors (Lipinski definition) is 4. The van der Waals surface area contributed by atoms with Crippen LogP contribution in [0.15, 0.2) is 22.7 Å². The first-order chi connectivity index (χ1) is 10.0. The van der Waals surface area contributed by atoms with Crippen LogP contribution in [0.5, 0.6) is 0 Å². The normalized spacial score (nSPS) is 10.5. The Morgan fingerprint density at radius 2 is 1.95 bits per heavy atom. The number of aromatic nitrogens is 2. The quantitative estimate of drug-likeness (QED) is 0.835. The van der Waals surface area contributed by atoms with Crippen LogP contribution >= 0.6 is 15.9 Å². The summed E-state index contributed by atoms with van der Waals surface area (Å²) in [7, 11) is 1.83. The number of rotatable bonds is 5. The highest BCUT2D eigenvalue weighted by Gasteiger charge is 2.11. The highest BCUT2D eigenvalue weighted by Crippen LogP contribution is 2.29. The molecular formula is C15H18BrFN4. The summed E-state index contributed by atoms with van der Waals surface area (Å²) in [5.41, 5.74) is 1.54. The molecule has 0 saturated carbocycles. The Balaban J connectivity index is 2.42. The average Bonchev–Trinajstić information content (AvgIpc) is 2.46. The van der Waals surface area contributed by atoms with Crippen molar-refractivity contribution in [1.82, 2.24) is 9.97 Å². The molecule has 0 unspecified atom stereocenters. The first-order valence-electron chi connectivity index (χ1n) is 6.82. The molecule has 4 nitrogen and oxygen atoms in total. The summed E-state index contributed by atoms with van der Waals surface area (Å²) in [6, 6.07) is 4.51. The van der Waals surface area contributed by atoms with Crippen LogP contribution in [0.4, 0.5) is 21.7 Å². The molecule has 0 amide bonds. The van der Waals surface area contributed by atoms with E-state index in [1.165, 1.54) is 12.1 Å². The van der Waals surface area contributed by atoms with E-state index >= 15 is 0 Å². The topological polar surface area (TPSA) is 49.8 Å². The van der Waals surface area contributed by atoms with Crippen LogP contribution in [0.2, 0.25) is 0 Å². The fourth-order valence-corrected chi connectivity index (χ4v) is 2.33. The van der Waals surface area contributed by atoms with Gasteiger partial charge in [0.15, 0.2) is 0 Å². The van der Waals surface area contributed by atoms with E-state index < -0.39 is 0 Å². The number of aryl methyl sites for hydroxylation is 1. The summed E-state index contributed by atoms with van der Waals surface area (Å²) in [6.45, 7) is 4.01. The molecule has 2 rings (SSSR count). The van der Waals surface area contributed by atoms with Crippen molar-refractivity contribution in [2.45, 2.75) is 26.7 Å². The Kier molecular flexibility index (Phi) is 5.12. The van der Waals surface area contributed by atoms with Gasteiger partial charge in [0.05, 0.1) is 5.69 Å². The summed E-state index contributed by atoms with van der Waals surface area (Å²) in [4.78, 5) is 9.01. The Morgan fingerprint density at radius 3 is 2.62 bits per heavy atom. The van der Waals surface area contributed by atoms with Gasteiger partial charge in [0.2, 0.25) is 0 Å². The molecule has 21 heavy (non-hydrogen) atoms. The van der Waals surface area contributed by atoms with Crippen molar-refractivity contribution in [1.29, 1.82) is 0 Å². The number of nitrogens with one attached hydrogen (secondary N) is 2. The van der Waals surface area contributed by atoms with E-state index in [2.05, 4.69) is 43.5 Å². The summed E-state index contributed by atoms with van der Waals surface area (Å²) >= 11 is 3.41. The molecule has 0 fully saturated rings. The molecule has 0 aliphatic rings. The Labute approximate surface area is 132 Å². The molecular weight excluding hydrogens is 335 g/mol. The predicted octanol–water partition coefficient (Wildman–Crippen LogP) is 4.42. The lowest BCUT2D eigenvalue weighted by atomic mass is 10.2. The van der Waals surface area contributed by atoms with Crippen LogP contribution in [0.1, 0.15) is 24.7 Å². The maximum absolute atomic E-state index is 13.4. The van der Waals surface area contributed by atoms with Crippen molar-refractivity contribution < 1.29 is 4.39 Å². The third-order valence-electron chi connectivity index (χ3n) is 3.08. The van der Waals surface area contributed by atoms with Gasteiger partial charge in [-0.15, -0.1) is 0 Å². The second kappa shape index (κ2) is 6.85. The first-order valence-corrected chi connectivity index (χ1v) is 7.61. The van der Waals surface area contributed by atoms with Gasteiger partial charge in [-0.25, -0.2) is 14.4 Å². The number of anilines is 3. The van der Waals surface area contributed by atoms with Gasteiger partial charge in [0.1, 0.15) is 23.3 Å². The molecule has 2 N–H and O–H groups in total. The molecule has 1 heterocycles. The zero-order valence-electron chi connectivity index (χ0n) is 12.3. The lowest BCUT2D eigenvalue weighted by molar-refractivity contribution is 0.628. The standard InChI is InChI=1S/C15H18BrFN4/c1-4-5-13-20-14(18-3)9(2)15(21-13)19-12-8-10(17)6-7-11(12)16/h6-8H,4-5H2,1-3H3,(H2,18,19,20,21). The number of hydrogen-bond donors (Lipinski definition) is 2. The van der Waals surface area contributed by atoms with Crippen molar-refractivity contribution in [2.24, 2.45) is 0 Å². The summed E-state index contributed by atoms with van der Waals surface area (Å²) < 4.78 is 14.2. The van der Waals surface area contributed by atoms with E-state index in [-0.39, 0.29) is 5.82 Å². The van der Waals surface area contributed by atoms with E-state index in [4.69, 9.17) is 0 Å². The third-order valence-corrected chi connectivity index (χ3v) is 3.78. The van der Waals surface area contributed by atoms with Crippen molar-refractivity contribution in [3.63, 3.8) is 0 Å². The fourth-order valence-electron chi connectivity index (χ4n) is 1.98. The van der Waals surface area contributed by atoms with Gasteiger partial charge >= 0.3 is 0 Å². The van der Waals surface area contributed by atoms with E-state index in [1.807, 2.05) is 14.0 Å². The van der Waals surface area contributed by atoms with Crippen LogP contribution in [0, 0.1) is 12.7 Å². The van der Waals surface area contributed by atoms with Gasteiger partial charge in [0, 0.05) is 23.5 Å². The smallest absolute Gasteiger partial charge is 0.139 e. The molecule has 1 aromatic carbocycles. The molecule has 0 bridgehead atoms. The molecule has 0 aliphatic heterocycles. The summed E-state index contributed by atoms with van der Waals surface area (Å²) in [6.07, 6.45) is 1.77. The van der Waals surface area contributed by atoms with E-state index in [0.717, 1.165) is 34.5 Å². The van der Waals surface area contributed by atoms with Gasteiger partial charge in [0.25, 0.3) is 0 Å². The van der Waals surface area contributed by atoms with E-state index in [1.54, 1.807) is 6.07 Å². The van der Waals surface area contributed by atoms with Gasteiger partial charge in [-0.3, -0.25) is 0 Å². The summed E-state index contributed by atoms with van der Waals surface area (Å²) in [5, 5.41) is 6.25. The number of benzene rings is 1. The molecule has 0 atom stereocenters. The van der Waals surface area contributed by atoms with Gasteiger partial charge < -0.3 is 10.6 Å². The number of nitrogens with zero attached hydrogens (tertiary/aromatic N) is 2. The second-order valence-corrected chi connectivity index (χ2v) is 5.57. The lowest BCUT2D eigenvalue weighted by Gasteiger charge is -2.14. The second-order valence-electron chi connectivity index (χ2n) is 4.71. The zero-order chi connectivity index (χ0) is 15.4. The molecule has 112 valence electrons. The van der Waals surface area contributed by atoms with Crippen LogP contribution in [0.3, 0.4) is 0 Å². The van der Waals surface area contributed by atoms with Crippen molar-refractivity contribution >= 4 is 33.3 Å². The summed E-state index contributed by atoms with van der Waals surface area (Å²) in [5.74, 6) is 1.94. The lowest BCUT2D eigenvalue weighted by Crippen LogP contribution is -2.07. The van der Waals surface area contributed by atoms with Crippen LogP contribution in [0.25, 0.3) is 0 Å². The number of halogens is 2. The SMILES string of the molecule is CCCc1nc(NC)c(C)c(Nc2cc(F)ccc2Br)n1. The highest BCUT2D eigenvalue weighted by atomic mass is 79.9. The predicted molar refractivity (Wildman–Crippen MR) is 87.7 cm³/mol. The van der Waals surface area contributed by atoms with Crippen LogP contribution < -0.4 is 10.6 Å². The van der Waals surface area contributed by atoms with E-state index in [9.17, 15) is 4.39 Å². The minimum atomic E-state index is -0.296. The van der Waals surface area contributed by atoms with Crippen molar-refractivity contribution in [3.8, 4) is 0 Å². The molecule has 0 aliphatic carbocycles. The van der Waals surface area contributed by atoms with Crippen LogP contribution in [-0.4, -0.2) is 17.0 Å². The minimum absolute atomic E-state index is 0.296. The Bertz CT molecular complexity index is 646. The maximum atomic E-state index is 13.4. The van der Waals surface area contributed by atoms with Gasteiger partial charge in [-0.05, 0) is 47.5 Å². The molecule has 0 radical (unpaired) electrons. The minimum Gasteiger partial charge on any atom is -0.373 e. The maximum Gasteiger partial charge on any atom is 0.139 e. The molecule has 0 saturated heterocycles. The molecule has 0 spiro atoms. The van der Waals surface area contributed by atoms with E-state index in [0.29, 0.717) is 11.5 Å². The zero-order valence-corrected chi connectivity index (χ0v) is 13.9. The van der Waals surface area contributed by atoms with Gasteiger partial charge in [-0.2, -0.15) is 0 Å². The molecule has 1 aromatic heterocycles. The highest BCUT2D eigenvalue weighted by molar-refractivity contribution is 9.10. The first kappa shape index (κ1) is 15.7. The Morgan fingerprint density at radius 1 is 1.24 bits per heavy atom. The third kappa shape index (κ3) is 3.69. The Hall–Kier alpha value is -1.69. The van der Waals surface area contributed by atoms with Crippen molar-refractivity contribution in [3.05, 3.63) is 39.9 Å².